The summed E-state index contributed by atoms with van der Waals surface area (Å²) in [6, 6.07) is 7.41. The molecule has 2 heterocycles. The van der Waals surface area contributed by atoms with Crippen molar-refractivity contribution < 1.29 is 24.3 Å². The molecule has 1 aromatic rings. The van der Waals surface area contributed by atoms with Crippen molar-refractivity contribution in [1.82, 2.24) is 4.90 Å². The van der Waals surface area contributed by atoms with Crippen LogP contribution in [0.3, 0.4) is 0 Å². The number of aliphatic hydroxyl groups excluding tert-OH is 1. The van der Waals surface area contributed by atoms with Crippen LogP contribution in [0.4, 0.5) is 0 Å². The van der Waals surface area contributed by atoms with E-state index in [4.69, 9.17) is 5.11 Å². The first-order chi connectivity index (χ1) is 13.9. The second-order valence-electron chi connectivity index (χ2n) is 7.73. The Morgan fingerprint density at radius 1 is 1.21 bits per heavy atom. The molecule has 3 unspecified atom stereocenters. The van der Waals surface area contributed by atoms with Gasteiger partial charge in [0, 0.05) is 17.1 Å². The number of carboxylic acid groups (broad SMARTS) is 1. The first-order valence-corrected chi connectivity index (χ1v) is 12.1. The third kappa shape index (κ3) is 4.31. The van der Waals surface area contributed by atoms with Gasteiger partial charge in [0.1, 0.15) is 6.54 Å². The first-order valence-electron chi connectivity index (χ1n) is 10.3. The number of hydrogen-bond donors (Lipinski definition) is 1. The number of carbonyl (C=O) groups excluding carboxylic acids is 2. The third-order valence-corrected chi connectivity index (χ3v) is 9.43. The van der Waals surface area contributed by atoms with Gasteiger partial charge in [0.25, 0.3) is 0 Å². The van der Waals surface area contributed by atoms with Crippen molar-refractivity contribution in [2.45, 2.75) is 54.6 Å². The summed E-state index contributed by atoms with van der Waals surface area (Å²) in [6.07, 6.45) is 0.380. The van der Waals surface area contributed by atoms with Gasteiger partial charge >= 0.3 is 0 Å². The van der Waals surface area contributed by atoms with Crippen LogP contribution >= 0.6 is 23.5 Å². The van der Waals surface area contributed by atoms with E-state index in [9.17, 15) is 14.7 Å². The van der Waals surface area contributed by atoms with Crippen molar-refractivity contribution in [2.75, 3.05) is 26.2 Å². The normalized spacial score (nSPS) is 26.3. The molecule has 0 aliphatic carbocycles. The number of nitrogens with zero attached hydrogens (tertiary/aromatic N) is 2. The van der Waals surface area contributed by atoms with E-state index in [0.29, 0.717) is 6.42 Å². The summed E-state index contributed by atoms with van der Waals surface area (Å²) in [7, 11) is 0. The molecule has 2 fully saturated rings. The largest absolute Gasteiger partial charge is 0.548 e. The highest BCUT2D eigenvalue weighted by molar-refractivity contribution is 8.17. The monoisotopic (exact) mass is 438 g/mol. The zero-order valence-corrected chi connectivity index (χ0v) is 18.9. The smallest absolute Gasteiger partial charge is 0.230 e. The number of fused-ring (bicyclic) bond motifs is 1. The van der Waals surface area contributed by atoms with E-state index in [1.54, 1.807) is 0 Å². The average Bonchev–Trinajstić information content (AvgIpc) is 3.07. The molecule has 0 spiro atoms. The number of carboxylic acids is 1. The lowest BCUT2D eigenvalue weighted by atomic mass is 9.93. The van der Waals surface area contributed by atoms with Gasteiger partial charge in [0.2, 0.25) is 5.91 Å². The molecule has 29 heavy (non-hydrogen) atoms. The quantitative estimate of drug-likeness (QED) is 0.441. The van der Waals surface area contributed by atoms with Crippen LogP contribution < -0.4 is 5.11 Å². The van der Waals surface area contributed by atoms with Gasteiger partial charge in [-0.1, -0.05) is 12.1 Å². The Morgan fingerprint density at radius 2 is 1.83 bits per heavy atom. The van der Waals surface area contributed by atoms with Crippen molar-refractivity contribution in [1.29, 1.82) is 0 Å². The van der Waals surface area contributed by atoms with Crippen LogP contribution in [-0.4, -0.2) is 68.6 Å². The number of thioether (sulfide) groups is 2. The molecule has 2 saturated heterocycles. The SMILES string of the molecule is CC[N+](CC)(CC)Cc1ccc(SC2SC3[C@@H](CCO)C(=O)N3C2C(=O)[O-])cc1. The number of β-lactam (4-membered cyclic amide) rings is 1. The lowest BCUT2D eigenvalue weighted by Gasteiger charge is -2.44. The Hall–Kier alpha value is -1.22. The van der Waals surface area contributed by atoms with Crippen LogP contribution in [0.25, 0.3) is 0 Å². The minimum atomic E-state index is -1.21. The van der Waals surface area contributed by atoms with Gasteiger partial charge in [-0.2, -0.15) is 0 Å². The summed E-state index contributed by atoms with van der Waals surface area (Å²) >= 11 is 2.98. The van der Waals surface area contributed by atoms with E-state index in [2.05, 4.69) is 32.9 Å². The highest BCUT2D eigenvalue weighted by Gasteiger charge is 2.58. The zero-order chi connectivity index (χ0) is 21.2. The second-order valence-corrected chi connectivity index (χ2v) is 10.5. The lowest BCUT2D eigenvalue weighted by molar-refractivity contribution is -0.936. The number of amides is 1. The van der Waals surface area contributed by atoms with Crippen LogP contribution in [0.1, 0.15) is 32.8 Å². The van der Waals surface area contributed by atoms with E-state index in [1.807, 2.05) is 12.1 Å². The van der Waals surface area contributed by atoms with E-state index in [-0.39, 0.29) is 28.4 Å². The third-order valence-electron chi connectivity index (χ3n) is 6.41. The molecule has 0 bridgehead atoms. The van der Waals surface area contributed by atoms with Crippen LogP contribution in [0.15, 0.2) is 29.2 Å². The first kappa shape index (κ1) is 22.5. The molecule has 1 N–H and O–H groups in total. The number of hydrogen-bond acceptors (Lipinski definition) is 6. The Bertz CT molecular complexity index is 730. The maximum absolute atomic E-state index is 12.3. The fraction of sp³-hybridized carbons (Fsp3) is 0.619. The molecule has 1 amide bonds. The number of benzene rings is 1. The van der Waals surface area contributed by atoms with Crippen LogP contribution in [-0.2, 0) is 16.1 Å². The molecule has 0 radical (unpaired) electrons. The summed E-state index contributed by atoms with van der Waals surface area (Å²) in [6.45, 7) is 10.9. The topological polar surface area (TPSA) is 80.7 Å². The highest BCUT2D eigenvalue weighted by atomic mass is 32.2. The Kier molecular flexibility index (Phi) is 7.19. The maximum Gasteiger partial charge on any atom is 0.230 e. The number of aliphatic hydroxyl groups is 1. The molecular weight excluding hydrogens is 408 g/mol. The van der Waals surface area contributed by atoms with E-state index < -0.39 is 12.0 Å². The van der Waals surface area contributed by atoms with Gasteiger partial charge < -0.3 is 24.4 Å². The fourth-order valence-electron chi connectivity index (χ4n) is 4.27. The molecule has 160 valence electrons. The Labute approximate surface area is 181 Å². The summed E-state index contributed by atoms with van der Waals surface area (Å²) in [5, 5.41) is 20.7. The fourth-order valence-corrected chi connectivity index (χ4v) is 7.58. The van der Waals surface area contributed by atoms with Crippen LogP contribution in [0.2, 0.25) is 0 Å². The summed E-state index contributed by atoms with van der Waals surface area (Å²) in [5.41, 5.74) is 1.28. The van der Waals surface area contributed by atoms with Crippen LogP contribution in [0.5, 0.6) is 0 Å². The number of rotatable bonds is 10. The van der Waals surface area contributed by atoms with E-state index in [1.165, 1.54) is 34.0 Å². The van der Waals surface area contributed by atoms with Gasteiger partial charge in [-0.05, 0) is 39.3 Å². The molecule has 2 aliphatic heterocycles. The predicted octanol–water partition coefficient (Wildman–Crippen LogP) is 1.51. The van der Waals surface area contributed by atoms with Gasteiger partial charge in [0.05, 0.1) is 47.5 Å². The minimum absolute atomic E-state index is 0.0656. The van der Waals surface area contributed by atoms with Gasteiger partial charge in [-0.15, -0.1) is 23.5 Å². The summed E-state index contributed by atoms with van der Waals surface area (Å²) in [4.78, 5) is 26.5. The van der Waals surface area contributed by atoms with Crippen LogP contribution in [0, 0.1) is 5.92 Å². The van der Waals surface area contributed by atoms with Crippen molar-refractivity contribution in [2.24, 2.45) is 5.92 Å². The second kappa shape index (κ2) is 9.29. The number of carbonyl (C=O) groups is 2. The lowest BCUT2D eigenvalue weighted by Crippen LogP contribution is -2.63. The summed E-state index contributed by atoms with van der Waals surface area (Å²) < 4.78 is 0.739. The average molecular weight is 439 g/mol. The molecular formula is C21H30N2O4S2. The minimum Gasteiger partial charge on any atom is -0.548 e. The van der Waals surface area contributed by atoms with Crippen molar-refractivity contribution in [3.8, 4) is 0 Å². The van der Waals surface area contributed by atoms with Gasteiger partial charge in [-0.3, -0.25) is 4.79 Å². The molecule has 2 aliphatic rings. The molecule has 1 aromatic carbocycles. The Morgan fingerprint density at radius 3 is 2.34 bits per heavy atom. The molecule has 4 atom stereocenters. The van der Waals surface area contributed by atoms with Gasteiger partial charge in [0.15, 0.2) is 0 Å². The zero-order valence-electron chi connectivity index (χ0n) is 17.2. The standard InChI is InChI=1S/C21H30N2O4S2/c1-4-23(5-2,6-3)13-14-7-9-15(10-8-14)28-21-17(20(26)27)22-18(25)16(11-12-24)19(22)29-21/h7-10,16-17,19,21,24H,4-6,11-13H2,1-3H3/t16-,17?,19?,21?/m0/s1. The Balaban J connectivity index is 1.69. The van der Waals surface area contributed by atoms with E-state index >= 15 is 0 Å². The highest BCUT2D eigenvalue weighted by Crippen LogP contribution is 2.53. The maximum atomic E-state index is 12.3. The molecule has 6 nitrogen and oxygen atoms in total. The van der Waals surface area contributed by atoms with Crippen molar-refractivity contribution >= 4 is 35.4 Å². The number of aliphatic carboxylic acids is 1. The molecule has 8 heteroatoms. The molecule has 3 rings (SSSR count). The van der Waals surface area contributed by atoms with E-state index in [0.717, 1.165) is 35.6 Å². The predicted molar refractivity (Wildman–Crippen MR) is 114 cm³/mol. The van der Waals surface area contributed by atoms with Crippen molar-refractivity contribution in [3.63, 3.8) is 0 Å². The van der Waals surface area contributed by atoms with Gasteiger partial charge in [-0.25, -0.2) is 0 Å². The molecule has 0 aromatic heterocycles. The van der Waals surface area contributed by atoms with Crippen molar-refractivity contribution in [3.05, 3.63) is 29.8 Å². The number of quaternary nitrogens is 1. The summed E-state index contributed by atoms with van der Waals surface area (Å²) in [5.74, 6) is -1.68. The molecule has 0 saturated carbocycles.